The zero-order chi connectivity index (χ0) is 11.8. The third-order valence-corrected chi connectivity index (χ3v) is 0.748. The lowest BCUT2D eigenvalue weighted by Gasteiger charge is -2.17. The predicted molar refractivity (Wildman–Crippen MR) is 53.9 cm³/mol. The highest BCUT2D eigenvalue weighted by atomic mass is 16.6. The standard InChI is InChI=1S/C7H12O2.C3H4O2/c1-5-6(8)9-7(2,3)4;1-2-3(4)5/h5H,1H2,2-4H3;2H,1H2,(H,4,5). The van der Waals surface area contributed by atoms with Crippen molar-refractivity contribution in [2.45, 2.75) is 26.4 Å². The van der Waals surface area contributed by atoms with Crippen LogP contribution in [0.25, 0.3) is 0 Å². The summed E-state index contributed by atoms with van der Waals surface area (Å²) < 4.78 is 4.83. The summed E-state index contributed by atoms with van der Waals surface area (Å²) >= 11 is 0. The molecule has 0 aliphatic rings. The summed E-state index contributed by atoms with van der Waals surface area (Å²) in [6.07, 6.45) is 1.99. The van der Waals surface area contributed by atoms with Gasteiger partial charge in [0.25, 0.3) is 0 Å². The summed E-state index contributed by atoms with van der Waals surface area (Å²) in [5, 5.41) is 7.60. The van der Waals surface area contributed by atoms with Gasteiger partial charge in [-0.05, 0) is 20.8 Å². The first-order valence-electron chi connectivity index (χ1n) is 3.93. The molecule has 1 N–H and O–H groups in total. The lowest BCUT2D eigenvalue weighted by molar-refractivity contribution is -0.148. The quantitative estimate of drug-likeness (QED) is 0.545. The summed E-state index contributed by atoms with van der Waals surface area (Å²) in [5.74, 6) is -1.35. The van der Waals surface area contributed by atoms with Crippen molar-refractivity contribution in [3.05, 3.63) is 25.3 Å². The Morgan fingerprint density at radius 2 is 1.57 bits per heavy atom. The second-order valence-electron chi connectivity index (χ2n) is 3.28. The number of hydrogen-bond acceptors (Lipinski definition) is 3. The molecule has 0 radical (unpaired) electrons. The van der Waals surface area contributed by atoms with Crippen LogP contribution in [0.2, 0.25) is 0 Å². The zero-order valence-corrected chi connectivity index (χ0v) is 8.74. The van der Waals surface area contributed by atoms with Crippen LogP contribution >= 0.6 is 0 Å². The summed E-state index contributed by atoms with van der Waals surface area (Å²) in [6.45, 7) is 11.7. The van der Waals surface area contributed by atoms with Gasteiger partial charge in [0.05, 0.1) is 0 Å². The fourth-order valence-corrected chi connectivity index (χ4v) is 0.343. The molecule has 0 aromatic rings. The van der Waals surface area contributed by atoms with E-state index in [1.807, 2.05) is 20.8 Å². The van der Waals surface area contributed by atoms with E-state index >= 15 is 0 Å². The van der Waals surface area contributed by atoms with Crippen molar-refractivity contribution in [3.8, 4) is 0 Å². The lowest BCUT2D eigenvalue weighted by Crippen LogP contribution is -2.22. The van der Waals surface area contributed by atoms with Crippen LogP contribution in [0.1, 0.15) is 20.8 Å². The topological polar surface area (TPSA) is 63.6 Å². The van der Waals surface area contributed by atoms with Crippen molar-refractivity contribution in [1.29, 1.82) is 0 Å². The summed E-state index contributed by atoms with van der Waals surface area (Å²) in [6, 6.07) is 0. The maximum absolute atomic E-state index is 10.5. The minimum Gasteiger partial charge on any atom is -0.478 e. The molecule has 0 fully saturated rings. The highest BCUT2D eigenvalue weighted by Crippen LogP contribution is 2.06. The maximum Gasteiger partial charge on any atom is 0.330 e. The minimum atomic E-state index is -0.981. The van der Waals surface area contributed by atoms with Crippen LogP contribution in [-0.2, 0) is 14.3 Å². The van der Waals surface area contributed by atoms with E-state index in [0.29, 0.717) is 0 Å². The van der Waals surface area contributed by atoms with Gasteiger partial charge in [-0.25, -0.2) is 9.59 Å². The summed E-state index contributed by atoms with van der Waals surface area (Å²) in [7, 11) is 0. The molecule has 0 aromatic heterocycles. The molecule has 0 aliphatic heterocycles. The van der Waals surface area contributed by atoms with E-state index < -0.39 is 11.6 Å². The van der Waals surface area contributed by atoms with Gasteiger partial charge in [-0.1, -0.05) is 13.2 Å². The third-order valence-electron chi connectivity index (χ3n) is 0.748. The Morgan fingerprint density at radius 3 is 1.64 bits per heavy atom. The highest BCUT2D eigenvalue weighted by molar-refractivity contribution is 5.81. The highest BCUT2D eigenvalue weighted by Gasteiger charge is 2.12. The molecule has 0 heterocycles. The molecule has 0 aliphatic carbocycles. The van der Waals surface area contributed by atoms with E-state index in [0.717, 1.165) is 12.2 Å². The molecule has 0 atom stereocenters. The fraction of sp³-hybridized carbons (Fsp3) is 0.400. The van der Waals surface area contributed by atoms with Gasteiger partial charge in [0, 0.05) is 12.2 Å². The molecule has 0 spiro atoms. The summed E-state index contributed by atoms with van der Waals surface area (Å²) in [5.41, 5.74) is -0.398. The Labute approximate surface area is 83.9 Å². The Morgan fingerprint density at radius 1 is 1.21 bits per heavy atom. The van der Waals surface area contributed by atoms with Gasteiger partial charge in [-0.15, -0.1) is 0 Å². The van der Waals surface area contributed by atoms with Crippen molar-refractivity contribution >= 4 is 11.9 Å². The third kappa shape index (κ3) is 16.8. The molecule has 0 bridgehead atoms. The molecule has 0 unspecified atom stereocenters. The van der Waals surface area contributed by atoms with Crippen molar-refractivity contribution in [2.75, 3.05) is 0 Å². The number of carboxylic acids is 1. The Hall–Kier alpha value is -1.58. The van der Waals surface area contributed by atoms with E-state index in [2.05, 4.69) is 13.2 Å². The SMILES string of the molecule is C=CC(=O)O.C=CC(=O)OC(C)(C)C. The van der Waals surface area contributed by atoms with E-state index in [-0.39, 0.29) is 5.97 Å². The minimum absolute atomic E-state index is 0.373. The predicted octanol–water partition coefficient (Wildman–Crippen LogP) is 1.77. The number of hydrogen-bond donors (Lipinski definition) is 1. The Kier molecular flexibility index (Phi) is 7.34. The van der Waals surface area contributed by atoms with Crippen molar-refractivity contribution in [3.63, 3.8) is 0 Å². The van der Waals surface area contributed by atoms with Gasteiger partial charge in [-0.2, -0.15) is 0 Å². The number of aliphatic carboxylic acids is 1. The molecular formula is C10H16O4. The van der Waals surface area contributed by atoms with Crippen LogP contribution in [0.3, 0.4) is 0 Å². The number of ether oxygens (including phenoxy) is 1. The van der Waals surface area contributed by atoms with Crippen LogP contribution in [0.4, 0.5) is 0 Å². The molecule has 0 amide bonds. The molecule has 14 heavy (non-hydrogen) atoms. The van der Waals surface area contributed by atoms with Crippen molar-refractivity contribution in [2.24, 2.45) is 0 Å². The van der Waals surface area contributed by atoms with Gasteiger partial charge < -0.3 is 9.84 Å². The number of carbonyl (C=O) groups is 2. The second kappa shape index (κ2) is 6.88. The number of carbonyl (C=O) groups excluding carboxylic acids is 1. The van der Waals surface area contributed by atoms with E-state index in [9.17, 15) is 9.59 Å². The molecule has 0 saturated heterocycles. The second-order valence-corrected chi connectivity index (χ2v) is 3.28. The fourth-order valence-electron chi connectivity index (χ4n) is 0.343. The normalized spacial score (nSPS) is 9.07. The van der Waals surface area contributed by atoms with Crippen LogP contribution in [0.15, 0.2) is 25.3 Å². The monoisotopic (exact) mass is 200 g/mol. The zero-order valence-electron chi connectivity index (χ0n) is 8.74. The largest absolute Gasteiger partial charge is 0.478 e. The molecule has 0 saturated carbocycles. The smallest absolute Gasteiger partial charge is 0.330 e. The van der Waals surface area contributed by atoms with Gasteiger partial charge in [0.1, 0.15) is 5.60 Å². The number of rotatable bonds is 2. The lowest BCUT2D eigenvalue weighted by atomic mass is 10.2. The van der Waals surface area contributed by atoms with Crippen molar-refractivity contribution in [1.82, 2.24) is 0 Å². The Bertz CT molecular complexity index is 223. The van der Waals surface area contributed by atoms with Crippen LogP contribution in [0, 0.1) is 0 Å². The average Bonchev–Trinajstić information content (AvgIpc) is 2.02. The molecular weight excluding hydrogens is 184 g/mol. The van der Waals surface area contributed by atoms with E-state index in [1.165, 1.54) is 0 Å². The first-order chi connectivity index (χ1) is 6.22. The van der Waals surface area contributed by atoms with Crippen LogP contribution in [-0.4, -0.2) is 22.6 Å². The molecule has 0 rings (SSSR count). The van der Waals surface area contributed by atoms with E-state index in [1.54, 1.807) is 0 Å². The van der Waals surface area contributed by atoms with Gasteiger partial charge in [0.2, 0.25) is 0 Å². The van der Waals surface area contributed by atoms with Gasteiger partial charge in [-0.3, -0.25) is 0 Å². The molecule has 4 heteroatoms. The Balaban J connectivity index is 0. The first-order valence-corrected chi connectivity index (χ1v) is 3.93. The molecule has 0 aromatic carbocycles. The molecule has 80 valence electrons. The van der Waals surface area contributed by atoms with E-state index in [4.69, 9.17) is 9.84 Å². The summed E-state index contributed by atoms with van der Waals surface area (Å²) in [4.78, 5) is 19.7. The first kappa shape index (κ1) is 14.9. The number of esters is 1. The average molecular weight is 200 g/mol. The molecule has 4 nitrogen and oxygen atoms in total. The number of carboxylic acid groups (broad SMARTS) is 1. The van der Waals surface area contributed by atoms with Gasteiger partial charge >= 0.3 is 11.9 Å². The van der Waals surface area contributed by atoms with Crippen LogP contribution in [0.5, 0.6) is 0 Å². The van der Waals surface area contributed by atoms with Crippen LogP contribution < -0.4 is 0 Å². The van der Waals surface area contributed by atoms with Crippen molar-refractivity contribution < 1.29 is 19.4 Å². The van der Waals surface area contributed by atoms with Gasteiger partial charge in [0.15, 0.2) is 0 Å². The maximum atomic E-state index is 10.5.